The van der Waals surface area contributed by atoms with E-state index in [1.54, 1.807) is 9.80 Å². The van der Waals surface area contributed by atoms with Crippen LogP contribution in [0.15, 0.2) is 0 Å². The predicted molar refractivity (Wildman–Crippen MR) is 195 cm³/mol. The minimum Gasteiger partial charge on any atom is -0.380 e. The second-order valence-corrected chi connectivity index (χ2v) is 18.2. The number of nitrogens with one attached hydrogen (secondary N) is 4. The van der Waals surface area contributed by atoms with Crippen LogP contribution in [0.5, 0.6) is 0 Å². The largest absolute Gasteiger partial charge is 0.380 e. The fraction of sp³-hybridized carbons (Fsp3) is 0.846. The summed E-state index contributed by atoms with van der Waals surface area (Å²) in [5.41, 5.74) is -1.57. The number of ketones is 1. The summed E-state index contributed by atoms with van der Waals surface area (Å²) in [5, 5.41) is 11.6. The first-order valence-corrected chi connectivity index (χ1v) is 20.0. The molecule has 14 nitrogen and oxygen atoms in total. The molecule has 6 aliphatic rings. The van der Waals surface area contributed by atoms with Crippen LogP contribution in [-0.4, -0.2) is 122 Å². The lowest BCUT2D eigenvalue weighted by atomic mass is 9.83. The van der Waals surface area contributed by atoms with Crippen molar-refractivity contribution in [2.24, 2.45) is 27.6 Å². The molecule has 6 amide bonds. The molecule has 0 aromatic heterocycles. The number of carbonyl (C=O) groups excluding carboxylic acids is 6. The quantitative estimate of drug-likeness (QED) is 0.221. The second-order valence-electron chi connectivity index (χ2n) is 18.2. The molecule has 6 rings (SSSR count). The van der Waals surface area contributed by atoms with Crippen LogP contribution in [0.25, 0.3) is 0 Å². The molecule has 14 heteroatoms. The molecule has 296 valence electrons. The van der Waals surface area contributed by atoms with E-state index < -0.39 is 64.5 Å². The van der Waals surface area contributed by atoms with E-state index in [2.05, 4.69) is 35.1 Å². The Kier molecular flexibility index (Phi) is 11.2. The van der Waals surface area contributed by atoms with E-state index in [-0.39, 0.29) is 35.1 Å². The summed E-state index contributed by atoms with van der Waals surface area (Å²) in [5.74, 6) is -2.40. The zero-order chi connectivity index (χ0) is 38.3. The molecule has 0 aromatic carbocycles. The summed E-state index contributed by atoms with van der Waals surface area (Å²) in [6.07, 6.45) is 7.64. The second kappa shape index (κ2) is 15.1. The summed E-state index contributed by atoms with van der Waals surface area (Å²) in [4.78, 5) is 86.4. The van der Waals surface area contributed by atoms with Gasteiger partial charge in [-0.15, -0.1) is 0 Å². The Balaban J connectivity index is 1.23. The van der Waals surface area contributed by atoms with Crippen LogP contribution < -0.4 is 21.3 Å². The highest BCUT2D eigenvalue weighted by Gasteiger charge is 2.86. The van der Waals surface area contributed by atoms with Gasteiger partial charge in [0.2, 0.25) is 23.5 Å². The Bertz CT molecular complexity index is 1440. The van der Waals surface area contributed by atoms with Crippen LogP contribution >= 0.6 is 0 Å². The monoisotopic (exact) mass is 742 g/mol. The Hall–Kier alpha value is -3.26. The maximum atomic E-state index is 14.9. The molecule has 53 heavy (non-hydrogen) atoms. The highest BCUT2D eigenvalue weighted by atomic mass is 16.5. The van der Waals surface area contributed by atoms with Gasteiger partial charge in [-0.1, -0.05) is 67.2 Å². The summed E-state index contributed by atoms with van der Waals surface area (Å²) in [6.45, 7) is 15.0. The van der Waals surface area contributed by atoms with Crippen molar-refractivity contribution >= 4 is 35.4 Å². The summed E-state index contributed by atoms with van der Waals surface area (Å²) in [7, 11) is 0. The molecule has 4 N–H and O–H groups in total. The third-order valence-electron chi connectivity index (χ3n) is 13.6. The summed E-state index contributed by atoms with van der Waals surface area (Å²) >= 11 is 0. The molecule has 0 radical (unpaired) electrons. The van der Waals surface area contributed by atoms with Gasteiger partial charge in [-0.25, -0.2) is 4.79 Å². The van der Waals surface area contributed by atoms with Gasteiger partial charge >= 0.3 is 6.03 Å². The van der Waals surface area contributed by atoms with E-state index in [0.29, 0.717) is 58.9 Å². The Labute approximate surface area is 313 Å². The van der Waals surface area contributed by atoms with Crippen LogP contribution in [0, 0.1) is 27.6 Å². The molecule has 3 aliphatic carbocycles. The van der Waals surface area contributed by atoms with Crippen molar-refractivity contribution in [1.29, 1.82) is 0 Å². The van der Waals surface area contributed by atoms with Crippen molar-refractivity contribution in [3.05, 3.63) is 0 Å². The maximum absolute atomic E-state index is 14.9. The SMILES string of the molecule is CCCC(NC(=O)[C@@H]1CC2(CN1C(=O)[C@H](NC(=O)NC(C(=O)N1CCOCC1)C1CCCCC1)C(C)(C)C)C(C)(C)C21COC1)C(=O)C(=O)NC1CC1. The van der Waals surface area contributed by atoms with Gasteiger partial charge in [-0.2, -0.15) is 0 Å². The Morgan fingerprint density at radius 1 is 0.830 bits per heavy atom. The normalized spacial score (nSPS) is 28.0. The van der Waals surface area contributed by atoms with E-state index in [9.17, 15) is 28.8 Å². The molecule has 5 atom stereocenters. The molecule has 3 aliphatic heterocycles. The van der Waals surface area contributed by atoms with Crippen molar-refractivity contribution in [2.45, 2.75) is 136 Å². The van der Waals surface area contributed by atoms with Crippen LogP contribution in [0.4, 0.5) is 4.79 Å². The van der Waals surface area contributed by atoms with Crippen LogP contribution in [0.1, 0.15) is 106 Å². The van der Waals surface area contributed by atoms with Crippen molar-refractivity contribution in [3.63, 3.8) is 0 Å². The topological polar surface area (TPSA) is 175 Å². The number of likely N-dealkylation sites (tertiary alicyclic amines) is 1. The lowest BCUT2D eigenvalue weighted by Gasteiger charge is -2.38. The highest BCUT2D eigenvalue weighted by Crippen LogP contribution is 2.84. The fourth-order valence-electron chi connectivity index (χ4n) is 9.80. The molecule has 3 saturated carbocycles. The number of morpholine rings is 1. The van der Waals surface area contributed by atoms with Gasteiger partial charge in [0, 0.05) is 36.5 Å². The average molecular weight is 743 g/mol. The molecule has 3 heterocycles. The third kappa shape index (κ3) is 7.43. The number of amides is 6. The molecule has 3 saturated heterocycles. The van der Waals surface area contributed by atoms with Crippen LogP contribution in [0.3, 0.4) is 0 Å². The van der Waals surface area contributed by atoms with Crippen LogP contribution in [0.2, 0.25) is 0 Å². The number of hydrogen-bond acceptors (Lipinski definition) is 8. The smallest absolute Gasteiger partial charge is 0.316 e. The molecule has 0 aromatic rings. The molecule has 0 bridgehead atoms. The van der Waals surface area contributed by atoms with Gasteiger partial charge in [0.15, 0.2) is 0 Å². The first-order valence-electron chi connectivity index (χ1n) is 20.0. The van der Waals surface area contributed by atoms with Crippen LogP contribution in [-0.2, 0) is 33.4 Å². The number of fused-ring (bicyclic) bond motifs is 1. The number of ether oxygens (including phenoxy) is 2. The van der Waals surface area contributed by atoms with Crippen molar-refractivity contribution < 1.29 is 38.2 Å². The van der Waals surface area contributed by atoms with Gasteiger partial charge in [0.1, 0.15) is 18.1 Å². The van der Waals surface area contributed by atoms with E-state index in [1.807, 2.05) is 27.7 Å². The van der Waals surface area contributed by atoms with Gasteiger partial charge in [0.25, 0.3) is 5.91 Å². The van der Waals surface area contributed by atoms with Gasteiger partial charge in [0.05, 0.1) is 32.5 Å². The lowest BCUT2D eigenvalue weighted by molar-refractivity contribution is -0.144. The number of Topliss-reactive ketones (excluding diaryl/α,β-unsaturated/α-hetero) is 1. The third-order valence-corrected chi connectivity index (χ3v) is 13.6. The predicted octanol–water partition coefficient (Wildman–Crippen LogP) is 2.28. The summed E-state index contributed by atoms with van der Waals surface area (Å²) < 4.78 is 11.2. The first kappa shape index (κ1) is 39.4. The Morgan fingerprint density at radius 2 is 1.49 bits per heavy atom. The first-order chi connectivity index (χ1) is 25.1. The zero-order valence-electron chi connectivity index (χ0n) is 32.6. The minimum absolute atomic E-state index is 0.000297. The highest BCUT2D eigenvalue weighted by molar-refractivity contribution is 6.38. The standard InChI is InChI=1S/C39H62N6O8/c1-7-11-26(29(46)32(48)40-25-14-15-25)41-31(47)27-20-38(37(5,6)39(38)22-53-23-39)21-45(27)34(50)30(36(2,3)4)43-35(51)42-28(24-12-9-8-10-13-24)33(49)44-16-18-52-19-17-44/h24-28,30H,7-23H2,1-6H3,(H,40,48)(H,41,47)(H2,42,43,51)/t26?,27-,28?,30-,38?/m0/s1. The van der Waals surface area contributed by atoms with E-state index in [4.69, 9.17) is 9.47 Å². The number of rotatable bonds is 12. The fourth-order valence-corrected chi connectivity index (χ4v) is 9.80. The van der Waals surface area contributed by atoms with Crippen molar-refractivity contribution in [1.82, 2.24) is 31.1 Å². The lowest BCUT2D eigenvalue weighted by Crippen LogP contribution is -2.62. The van der Waals surface area contributed by atoms with Gasteiger partial charge < -0.3 is 40.5 Å². The zero-order valence-corrected chi connectivity index (χ0v) is 32.6. The van der Waals surface area contributed by atoms with Gasteiger partial charge in [-0.05, 0) is 55.3 Å². The number of nitrogens with zero attached hydrogens (tertiary/aromatic N) is 2. The molecular formula is C39H62N6O8. The molecule has 3 unspecified atom stereocenters. The van der Waals surface area contributed by atoms with E-state index in [0.717, 1.165) is 44.9 Å². The van der Waals surface area contributed by atoms with Crippen molar-refractivity contribution in [2.75, 3.05) is 46.1 Å². The molecule has 6 fully saturated rings. The van der Waals surface area contributed by atoms with E-state index in [1.165, 1.54) is 0 Å². The number of urea groups is 1. The van der Waals surface area contributed by atoms with E-state index >= 15 is 0 Å². The average Bonchev–Trinajstić information content (AvgIpc) is 3.94. The summed E-state index contributed by atoms with van der Waals surface area (Å²) in [6, 6.07) is -4.31. The number of carbonyl (C=O) groups is 6. The maximum Gasteiger partial charge on any atom is 0.316 e. The molecular weight excluding hydrogens is 680 g/mol. The Morgan fingerprint density at radius 3 is 2.04 bits per heavy atom. The van der Waals surface area contributed by atoms with Crippen molar-refractivity contribution in [3.8, 4) is 0 Å². The minimum atomic E-state index is -1.04. The van der Waals surface area contributed by atoms with Gasteiger partial charge in [-0.3, -0.25) is 24.0 Å². The molecule has 2 spiro atoms. The number of hydrogen-bond donors (Lipinski definition) is 4.